The standard InChI is InChI=1S/C15H24N2S/c1-11-6-7-15(18-11)14(10-16)17-9-8-12-4-2-3-5-13(12)17/h6-7,12-14H,2-5,8-10,16H2,1H3. The number of hydrogen-bond donors (Lipinski definition) is 1. The molecule has 2 nitrogen and oxygen atoms in total. The maximum Gasteiger partial charge on any atom is 0.0566 e. The lowest BCUT2D eigenvalue weighted by Crippen LogP contribution is -2.40. The van der Waals surface area contributed by atoms with Crippen molar-refractivity contribution in [3.63, 3.8) is 0 Å². The summed E-state index contributed by atoms with van der Waals surface area (Å²) < 4.78 is 0. The molecule has 1 saturated heterocycles. The van der Waals surface area contributed by atoms with Crippen LogP contribution in [0.5, 0.6) is 0 Å². The third-order valence-electron chi connectivity index (χ3n) is 4.77. The van der Waals surface area contributed by atoms with E-state index in [9.17, 15) is 0 Å². The van der Waals surface area contributed by atoms with Crippen LogP contribution in [0.1, 0.15) is 47.9 Å². The molecule has 2 aliphatic rings. The highest BCUT2D eigenvalue weighted by atomic mass is 32.1. The zero-order valence-electron chi connectivity index (χ0n) is 11.3. The molecular formula is C15H24N2S. The molecule has 1 aliphatic carbocycles. The molecule has 2 fully saturated rings. The third-order valence-corrected chi connectivity index (χ3v) is 5.87. The largest absolute Gasteiger partial charge is 0.329 e. The minimum atomic E-state index is 0.469. The fourth-order valence-corrected chi connectivity index (χ4v) is 4.89. The van der Waals surface area contributed by atoms with E-state index >= 15 is 0 Å². The van der Waals surface area contributed by atoms with Gasteiger partial charge in [-0.15, -0.1) is 11.3 Å². The van der Waals surface area contributed by atoms with Crippen LogP contribution >= 0.6 is 11.3 Å². The van der Waals surface area contributed by atoms with Crippen molar-refractivity contribution < 1.29 is 0 Å². The summed E-state index contributed by atoms with van der Waals surface area (Å²) in [7, 11) is 0. The van der Waals surface area contributed by atoms with Gasteiger partial charge in [0.1, 0.15) is 0 Å². The van der Waals surface area contributed by atoms with Crippen LogP contribution in [0.3, 0.4) is 0 Å². The first kappa shape index (κ1) is 12.6. The van der Waals surface area contributed by atoms with Crippen LogP contribution in [0.2, 0.25) is 0 Å². The molecule has 18 heavy (non-hydrogen) atoms. The molecule has 100 valence electrons. The minimum absolute atomic E-state index is 0.469. The summed E-state index contributed by atoms with van der Waals surface area (Å²) in [6.45, 7) is 4.21. The van der Waals surface area contributed by atoms with E-state index in [0.29, 0.717) is 6.04 Å². The third kappa shape index (κ3) is 2.24. The predicted octanol–water partition coefficient (Wildman–Crippen LogP) is 3.32. The first-order valence-electron chi connectivity index (χ1n) is 7.31. The molecule has 3 atom stereocenters. The van der Waals surface area contributed by atoms with Gasteiger partial charge in [0.05, 0.1) is 6.04 Å². The number of nitrogens with two attached hydrogens (primary N) is 1. The Labute approximate surface area is 114 Å². The molecule has 1 aromatic heterocycles. The van der Waals surface area contributed by atoms with Crippen LogP contribution in [0.4, 0.5) is 0 Å². The fraction of sp³-hybridized carbons (Fsp3) is 0.733. The van der Waals surface area contributed by atoms with Gasteiger partial charge in [0, 0.05) is 22.3 Å². The van der Waals surface area contributed by atoms with E-state index in [0.717, 1.165) is 18.5 Å². The lowest BCUT2D eigenvalue weighted by atomic mass is 9.85. The molecule has 3 unspecified atom stereocenters. The van der Waals surface area contributed by atoms with Gasteiger partial charge in [0.25, 0.3) is 0 Å². The van der Waals surface area contributed by atoms with E-state index in [1.54, 1.807) is 0 Å². The normalized spacial score (nSPS) is 30.3. The Hall–Kier alpha value is -0.380. The van der Waals surface area contributed by atoms with Crippen LogP contribution < -0.4 is 5.73 Å². The maximum atomic E-state index is 6.08. The second kappa shape index (κ2) is 5.32. The van der Waals surface area contributed by atoms with Gasteiger partial charge >= 0.3 is 0 Å². The molecular weight excluding hydrogens is 240 g/mol. The Morgan fingerprint density at radius 1 is 1.33 bits per heavy atom. The summed E-state index contributed by atoms with van der Waals surface area (Å²) in [5.41, 5.74) is 6.08. The summed E-state index contributed by atoms with van der Waals surface area (Å²) in [4.78, 5) is 5.60. The Bertz CT molecular complexity index is 401. The lowest BCUT2D eigenvalue weighted by molar-refractivity contribution is 0.137. The number of aryl methyl sites for hydroxylation is 1. The van der Waals surface area contributed by atoms with Gasteiger partial charge in [-0.25, -0.2) is 0 Å². The van der Waals surface area contributed by atoms with E-state index in [4.69, 9.17) is 5.73 Å². The second-order valence-corrected chi connectivity index (χ2v) is 7.16. The molecule has 0 radical (unpaired) electrons. The van der Waals surface area contributed by atoms with Gasteiger partial charge in [-0.1, -0.05) is 12.8 Å². The molecule has 3 rings (SSSR count). The Kier molecular flexibility index (Phi) is 3.73. The van der Waals surface area contributed by atoms with Crippen molar-refractivity contribution in [2.45, 2.75) is 51.1 Å². The van der Waals surface area contributed by atoms with E-state index in [1.165, 1.54) is 48.4 Å². The Morgan fingerprint density at radius 3 is 2.89 bits per heavy atom. The van der Waals surface area contributed by atoms with Crippen molar-refractivity contribution in [1.29, 1.82) is 0 Å². The molecule has 0 spiro atoms. The summed E-state index contributed by atoms with van der Waals surface area (Å²) in [6.07, 6.45) is 7.10. The fourth-order valence-electron chi connectivity index (χ4n) is 3.88. The Morgan fingerprint density at radius 2 is 2.17 bits per heavy atom. The summed E-state index contributed by atoms with van der Waals surface area (Å²) in [6, 6.07) is 5.80. The smallest absolute Gasteiger partial charge is 0.0566 e. The van der Waals surface area contributed by atoms with Crippen molar-refractivity contribution in [1.82, 2.24) is 4.90 Å². The molecule has 1 aromatic rings. The Balaban J connectivity index is 1.79. The minimum Gasteiger partial charge on any atom is -0.329 e. The number of rotatable bonds is 3. The second-order valence-electron chi connectivity index (χ2n) is 5.84. The number of thiophene rings is 1. The highest BCUT2D eigenvalue weighted by Gasteiger charge is 2.39. The predicted molar refractivity (Wildman–Crippen MR) is 77.9 cm³/mol. The van der Waals surface area contributed by atoms with Crippen LogP contribution in [0.25, 0.3) is 0 Å². The number of likely N-dealkylation sites (tertiary alicyclic amines) is 1. The lowest BCUT2D eigenvalue weighted by Gasteiger charge is -2.36. The number of nitrogens with zero attached hydrogens (tertiary/aromatic N) is 1. The number of fused-ring (bicyclic) bond motifs is 1. The van der Waals surface area contributed by atoms with Crippen molar-refractivity contribution in [3.8, 4) is 0 Å². The SMILES string of the molecule is Cc1ccc(C(CN)N2CCC3CCCCC32)s1. The van der Waals surface area contributed by atoms with Crippen LogP contribution in [0, 0.1) is 12.8 Å². The molecule has 0 amide bonds. The van der Waals surface area contributed by atoms with Crippen LogP contribution in [0.15, 0.2) is 12.1 Å². The highest BCUT2D eigenvalue weighted by Crippen LogP contribution is 2.41. The van der Waals surface area contributed by atoms with Crippen molar-refractivity contribution in [2.24, 2.45) is 11.7 Å². The molecule has 1 aliphatic heterocycles. The quantitative estimate of drug-likeness (QED) is 0.907. The molecule has 0 aromatic carbocycles. The molecule has 3 heteroatoms. The van der Waals surface area contributed by atoms with Gasteiger partial charge in [-0.05, 0) is 50.8 Å². The zero-order chi connectivity index (χ0) is 12.5. The van der Waals surface area contributed by atoms with E-state index in [1.807, 2.05) is 11.3 Å². The van der Waals surface area contributed by atoms with Gasteiger partial charge in [-0.2, -0.15) is 0 Å². The first-order valence-corrected chi connectivity index (χ1v) is 8.13. The molecule has 0 bridgehead atoms. The zero-order valence-corrected chi connectivity index (χ0v) is 12.1. The maximum absolute atomic E-state index is 6.08. The highest BCUT2D eigenvalue weighted by molar-refractivity contribution is 7.12. The summed E-state index contributed by atoms with van der Waals surface area (Å²) in [5.74, 6) is 0.953. The van der Waals surface area contributed by atoms with Gasteiger partial charge < -0.3 is 5.73 Å². The average Bonchev–Trinajstić information content (AvgIpc) is 2.98. The average molecular weight is 264 g/mol. The molecule has 2 heterocycles. The monoisotopic (exact) mass is 264 g/mol. The van der Waals surface area contributed by atoms with Crippen LogP contribution in [-0.4, -0.2) is 24.0 Å². The van der Waals surface area contributed by atoms with Gasteiger partial charge in [0.15, 0.2) is 0 Å². The number of hydrogen-bond acceptors (Lipinski definition) is 3. The molecule has 2 N–H and O–H groups in total. The van der Waals surface area contributed by atoms with Gasteiger partial charge in [0.2, 0.25) is 0 Å². The van der Waals surface area contributed by atoms with Crippen LogP contribution in [-0.2, 0) is 0 Å². The molecule has 1 saturated carbocycles. The van der Waals surface area contributed by atoms with E-state index in [2.05, 4.69) is 24.0 Å². The summed E-state index contributed by atoms with van der Waals surface area (Å²) >= 11 is 1.92. The topological polar surface area (TPSA) is 29.3 Å². The van der Waals surface area contributed by atoms with Crippen molar-refractivity contribution >= 4 is 11.3 Å². The first-order chi connectivity index (χ1) is 8.79. The van der Waals surface area contributed by atoms with Gasteiger partial charge in [-0.3, -0.25) is 4.90 Å². The summed E-state index contributed by atoms with van der Waals surface area (Å²) in [5, 5.41) is 0. The van der Waals surface area contributed by atoms with E-state index in [-0.39, 0.29) is 0 Å². The van der Waals surface area contributed by atoms with Crippen molar-refractivity contribution in [2.75, 3.05) is 13.1 Å². The van der Waals surface area contributed by atoms with E-state index < -0.39 is 0 Å². The van der Waals surface area contributed by atoms with Crippen molar-refractivity contribution in [3.05, 3.63) is 21.9 Å².